The van der Waals surface area contributed by atoms with Crippen LogP contribution in [0.25, 0.3) is 11.4 Å². The smallest absolute Gasteiger partial charge is 0.382 e. The van der Waals surface area contributed by atoms with Crippen molar-refractivity contribution in [1.29, 1.82) is 5.26 Å². The second-order valence-corrected chi connectivity index (χ2v) is 8.13. The number of amides is 1. The highest BCUT2D eigenvalue weighted by Gasteiger charge is 2.39. The summed E-state index contributed by atoms with van der Waals surface area (Å²) in [5, 5.41) is 25.2. The molecule has 0 fully saturated rings. The Hall–Kier alpha value is -3.83. The number of aliphatic hydroxyl groups excluding tert-OH is 1. The summed E-state index contributed by atoms with van der Waals surface area (Å²) in [4.78, 5) is 25.3. The van der Waals surface area contributed by atoms with Crippen LogP contribution in [-0.2, 0) is 24.1 Å². The Balaban J connectivity index is 1.90. The van der Waals surface area contributed by atoms with Gasteiger partial charge in [-0.15, -0.1) is 5.10 Å². The molecule has 2 N–H and O–H groups in total. The summed E-state index contributed by atoms with van der Waals surface area (Å²) in [5.74, 6) is -1.35. The molecular weight excluding hydrogens is 532 g/mol. The highest BCUT2D eigenvalue weighted by atomic mass is 35.5. The Labute approximate surface area is 209 Å². The van der Waals surface area contributed by atoms with Crippen LogP contribution in [0.3, 0.4) is 0 Å². The number of aliphatic hydroxyl groups is 1. The molecule has 0 aliphatic rings. The maximum Gasteiger partial charge on any atom is 0.416 e. The van der Waals surface area contributed by atoms with Crippen LogP contribution < -0.4 is 11.0 Å². The van der Waals surface area contributed by atoms with Crippen molar-refractivity contribution < 1.29 is 36.2 Å². The lowest BCUT2D eigenvalue weighted by Gasteiger charge is -2.15. The SMILES string of the molecule is N#CC(NC(=O)Cn1nc(-c2ccc(Cl)cc2)n(C[C@H](O)C(F)(F)F)c1=O)c1cccc(C(F)(F)F)c1. The molecule has 0 spiro atoms. The molecule has 2 aromatic carbocycles. The summed E-state index contributed by atoms with van der Waals surface area (Å²) in [5.41, 5.74) is -2.27. The minimum Gasteiger partial charge on any atom is -0.382 e. The van der Waals surface area contributed by atoms with Crippen LogP contribution >= 0.6 is 11.6 Å². The first-order valence-corrected chi connectivity index (χ1v) is 10.6. The number of aromatic nitrogens is 3. The molecule has 8 nitrogen and oxygen atoms in total. The molecule has 37 heavy (non-hydrogen) atoms. The van der Waals surface area contributed by atoms with E-state index in [1.54, 1.807) is 6.07 Å². The first-order chi connectivity index (χ1) is 17.2. The van der Waals surface area contributed by atoms with Gasteiger partial charge in [0, 0.05) is 10.6 Å². The largest absolute Gasteiger partial charge is 0.416 e. The maximum atomic E-state index is 13.0. The van der Waals surface area contributed by atoms with Gasteiger partial charge in [-0.25, -0.2) is 9.48 Å². The van der Waals surface area contributed by atoms with E-state index in [1.165, 1.54) is 30.3 Å². The quantitative estimate of drug-likeness (QED) is 0.438. The van der Waals surface area contributed by atoms with Gasteiger partial charge in [0.2, 0.25) is 5.91 Å². The Kier molecular flexibility index (Phi) is 7.99. The zero-order chi connectivity index (χ0) is 27.5. The van der Waals surface area contributed by atoms with E-state index in [9.17, 15) is 46.3 Å². The third-order valence-corrected chi connectivity index (χ3v) is 5.29. The average molecular weight is 548 g/mol. The van der Waals surface area contributed by atoms with Crippen LogP contribution in [0.5, 0.6) is 0 Å². The molecular formula is C22H16ClF6N5O3. The van der Waals surface area contributed by atoms with E-state index in [2.05, 4.69) is 10.4 Å². The zero-order valence-electron chi connectivity index (χ0n) is 18.4. The number of nitriles is 1. The minimum absolute atomic E-state index is 0.147. The fourth-order valence-electron chi connectivity index (χ4n) is 3.22. The van der Waals surface area contributed by atoms with Crippen LogP contribution in [0.4, 0.5) is 26.3 Å². The van der Waals surface area contributed by atoms with Crippen molar-refractivity contribution in [3.63, 3.8) is 0 Å². The lowest BCUT2D eigenvalue weighted by molar-refractivity contribution is -0.207. The van der Waals surface area contributed by atoms with Gasteiger partial charge < -0.3 is 10.4 Å². The Morgan fingerprint density at radius 3 is 2.35 bits per heavy atom. The van der Waals surface area contributed by atoms with Crippen LogP contribution in [0.2, 0.25) is 5.02 Å². The molecule has 0 saturated carbocycles. The lowest BCUT2D eigenvalue weighted by atomic mass is 10.0. The number of nitrogens with zero attached hydrogens (tertiary/aromatic N) is 4. The van der Waals surface area contributed by atoms with Crippen molar-refractivity contribution >= 4 is 17.5 Å². The Morgan fingerprint density at radius 1 is 1.14 bits per heavy atom. The molecule has 3 aromatic rings. The van der Waals surface area contributed by atoms with E-state index in [-0.39, 0.29) is 22.0 Å². The van der Waals surface area contributed by atoms with Crippen molar-refractivity contribution in [2.24, 2.45) is 0 Å². The summed E-state index contributed by atoms with van der Waals surface area (Å²) in [6.07, 6.45) is -12.7. The number of benzene rings is 2. The summed E-state index contributed by atoms with van der Waals surface area (Å²) < 4.78 is 78.8. The second-order valence-electron chi connectivity index (χ2n) is 7.69. The molecule has 0 aliphatic heterocycles. The minimum atomic E-state index is -5.05. The van der Waals surface area contributed by atoms with E-state index in [4.69, 9.17) is 11.6 Å². The molecule has 3 rings (SSSR count). The first-order valence-electron chi connectivity index (χ1n) is 10.2. The fraction of sp³-hybridized carbons (Fsp3) is 0.273. The monoisotopic (exact) mass is 547 g/mol. The first kappa shape index (κ1) is 27.8. The summed E-state index contributed by atoms with van der Waals surface area (Å²) in [7, 11) is 0. The molecule has 1 heterocycles. The topological polar surface area (TPSA) is 113 Å². The van der Waals surface area contributed by atoms with Crippen molar-refractivity contribution in [2.75, 3.05) is 0 Å². The maximum absolute atomic E-state index is 13.0. The molecule has 0 saturated heterocycles. The highest BCUT2D eigenvalue weighted by Crippen LogP contribution is 2.30. The van der Waals surface area contributed by atoms with Crippen molar-refractivity contribution in [3.8, 4) is 17.5 Å². The van der Waals surface area contributed by atoms with E-state index in [1.807, 2.05) is 0 Å². The molecule has 1 unspecified atom stereocenters. The second kappa shape index (κ2) is 10.7. The van der Waals surface area contributed by atoms with Crippen LogP contribution in [-0.4, -0.2) is 37.6 Å². The number of hydrogen-bond acceptors (Lipinski definition) is 5. The highest BCUT2D eigenvalue weighted by molar-refractivity contribution is 6.30. The number of alkyl halides is 6. The van der Waals surface area contributed by atoms with Gasteiger partial charge in [-0.1, -0.05) is 23.7 Å². The molecule has 0 aliphatic carbocycles. The van der Waals surface area contributed by atoms with E-state index >= 15 is 0 Å². The van der Waals surface area contributed by atoms with Crippen LogP contribution in [0.1, 0.15) is 17.2 Å². The standard InChI is InChI=1S/C22H16ClF6N5O3/c23-15-6-4-12(5-7-15)19-32-34(20(37)33(19)10-17(35)22(27,28)29)11-18(36)31-16(9-30)13-2-1-3-14(8-13)21(24,25)26/h1-8,16-17,35H,10-11H2,(H,31,36)/t16?,17-/m0/s1. The van der Waals surface area contributed by atoms with E-state index < -0.39 is 54.7 Å². The average Bonchev–Trinajstić information content (AvgIpc) is 3.11. The predicted molar refractivity (Wildman–Crippen MR) is 117 cm³/mol. The Morgan fingerprint density at radius 2 is 1.78 bits per heavy atom. The summed E-state index contributed by atoms with van der Waals surface area (Å²) in [6, 6.07) is 9.24. The van der Waals surface area contributed by atoms with E-state index in [0.717, 1.165) is 12.1 Å². The molecule has 15 heteroatoms. The van der Waals surface area contributed by atoms with E-state index in [0.29, 0.717) is 15.3 Å². The number of carbonyl (C=O) groups excluding carboxylic acids is 1. The lowest BCUT2D eigenvalue weighted by Crippen LogP contribution is -2.39. The molecule has 0 radical (unpaired) electrons. The van der Waals surface area contributed by atoms with Gasteiger partial charge in [0.1, 0.15) is 12.6 Å². The van der Waals surface area contributed by atoms with Crippen LogP contribution in [0, 0.1) is 11.3 Å². The number of halogens is 7. The van der Waals surface area contributed by atoms with Crippen LogP contribution in [0.15, 0.2) is 53.3 Å². The van der Waals surface area contributed by atoms with Crippen molar-refractivity contribution in [1.82, 2.24) is 19.7 Å². The van der Waals surface area contributed by atoms with Gasteiger partial charge in [0.05, 0.1) is 18.2 Å². The number of hydrogen-bond donors (Lipinski definition) is 2. The van der Waals surface area contributed by atoms with Crippen molar-refractivity contribution in [3.05, 3.63) is 75.2 Å². The predicted octanol–water partition coefficient (Wildman–Crippen LogP) is 3.69. The van der Waals surface area contributed by atoms with Gasteiger partial charge >= 0.3 is 18.0 Å². The van der Waals surface area contributed by atoms with Gasteiger partial charge in [0.25, 0.3) is 0 Å². The third kappa shape index (κ3) is 6.69. The fourth-order valence-corrected chi connectivity index (χ4v) is 3.35. The molecule has 1 aromatic heterocycles. The number of carbonyl (C=O) groups is 1. The normalized spacial score (nSPS) is 13.6. The molecule has 0 bridgehead atoms. The molecule has 1 amide bonds. The van der Waals surface area contributed by atoms with Gasteiger partial charge in [0.15, 0.2) is 11.9 Å². The zero-order valence-corrected chi connectivity index (χ0v) is 19.1. The van der Waals surface area contributed by atoms with Gasteiger partial charge in [-0.3, -0.25) is 9.36 Å². The van der Waals surface area contributed by atoms with Gasteiger partial charge in [-0.05, 0) is 42.0 Å². The number of nitrogens with one attached hydrogen (secondary N) is 1. The number of rotatable bonds is 7. The molecule has 2 atom stereocenters. The van der Waals surface area contributed by atoms with Gasteiger partial charge in [-0.2, -0.15) is 31.6 Å². The summed E-state index contributed by atoms with van der Waals surface area (Å²) in [6.45, 7) is -2.11. The summed E-state index contributed by atoms with van der Waals surface area (Å²) >= 11 is 5.81. The Bertz CT molecular complexity index is 1380. The van der Waals surface area contributed by atoms with Crippen molar-refractivity contribution in [2.45, 2.75) is 37.6 Å². The third-order valence-electron chi connectivity index (χ3n) is 5.03. The molecule has 196 valence electrons.